The third-order valence-electron chi connectivity index (χ3n) is 7.62. The van der Waals surface area contributed by atoms with E-state index in [0.717, 1.165) is 18.9 Å². The molecule has 2 aromatic carbocycles. The highest BCUT2D eigenvalue weighted by Crippen LogP contribution is 2.53. The minimum absolute atomic E-state index is 0.140. The smallest absolute Gasteiger partial charge is 0.435 e. The maximum Gasteiger partial charge on any atom is 0.435 e. The Morgan fingerprint density at radius 1 is 1.02 bits per heavy atom. The maximum absolute atomic E-state index is 14.4. The van der Waals surface area contributed by atoms with Crippen LogP contribution in [-0.2, 0) is 31.6 Å². The summed E-state index contributed by atoms with van der Waals surface area (Å²) in [4.78, 5) is 42.4. The van der Waals surface area contributed by atoms with E-state index in [1.807, 2.05) is 0 Å². The maximum atomic E-state index is 14.4. The number of ether oxygens (including phenoxy) is 1. The van der Waals surface area contributed by atoms with E-state index in [0.29, 0.717) is 27.8 Å². The van der Waals surface area contributed by atoms with Crippen molar-refractivity contribution in [2.75, 3.05) is 31.0 Å². The molecule has 4 rings (SSSR count). The number of alkyl halides is 7. The monoisotopic (exact) mass is 938 g/mol. The number of pyridine rings is 1. The summed E-state index contributed by atoms with van der Waals surface area (Å²) in [5.74, 6) is -3.05. The number of aromatic nitrogens is 1. The summed E-state index contributed by atoms with van der Waals surface area (Å²) in [6.45, 7) is 4.67. The number of nitrogens with one attached hydrogen (secondary N) is 2. The molecule has 0 saturated carbocycles. The number of amides is 2. The lowest BCUT2D eigenvalue weighted by Gasteiger charge is -2.30. The first-order valence-electron chi connectivity index (χ1n) is 15.5. The number of aryl methyl sites for hydroxylation is 1. The highest BCUT2D eigenvalue weighted by atomic mass is 127. The van der Waals surface area contributed by atoms with Crippen LogP contribution in [0.4, 0.5) is 40.8 Å². The zero-order valence-corrected chi connectivity index (χ0v) is 33.1. The first kappa shape index (κ1) is 45.3. The molecule has 0 aliphatic carbocycles. The molecule has 1 aromatic heterocycles. The molecule has 1 aliphatic heterocycles. The number of rotatable bonds is 10. The summed E-state index contributed by atoms with van der Waals surface area (Å²) >= 11 is 7.25. The normalized spacial score (nSPS) is 13.7. The second-order valence-electron chi connectivity index (χ2n) is 12.9. The summed E-state index contributed by atoms with van der Waals surface area (Å²) in [6, 6.07) is 6.77. The van der Waals surface area contributed by atoms with Crippen molar-refractivity contribution in [2.45, 2.75) is 50.9 Å². The quantitative estimate of drug-likeness (QED) is 0.0928. The molecule has 0 fully saturated rings. The van der Waals surface area contributed by atoms with Crippen molar-refractivity contribution >= 4 is 67.5 Å². The number of carbonyl (C=O) groups excluding carboxylic acids is 3. The molecule has 10 nitrogen and oxygen atoms in total. The van der Waals surface area contributed by atoms with E-state index in [2.05, 4.69) is 15.6 Å². The Labute approximate surface area is 328 Å². The van der Waals surface area contributed by atoms with Gasteiger partial charge in [-0.15, -0.1) is 0 Å². The van der Waals surface area contributed by atoms with E-state index in [1.165, 1.54) is 50.4 Å². The van der Waals surface area contributed by atoms with Crippen molar-refractivity contribution in [3.8, 4) is 0 Å². The number of sulfone groups is 1. The van der Waals surface area contributed by atoms with Gasteiger partial charge in [-0.2, -0.15) is 26.3 Å². The molecule has 300 valence electrons. The van der Waals surface area contributed by atoms with Crippen LogP contribution in [0, 0.1) is 16.3 Å². The molecule has 55 heavy (non-hydrogen) atoms. The van der Waals surface area contributed by atoms with Crippen molar-refractivity contribution in [1.29, 1.82) is 0 Å². The molecule has 0 unspecified atom stereocenters. The lowest BCUT2D eigenvalue weighted by molar-refractivity contribution is -0.348. The van der Waals surface area contributed by atoms with E-state index in [1.54, 1.807) is 34.5 Å². The van der Waals surface area contributed by atoms with Gasteiger partial charge in [0.2, 0.25) is 0 Å². The van der Waals surface area contributed by atoms with Gasteiger partial charge >= 0.3 is 24.0 Å². The van der Waals surface area contributed by atoms with Crippen LogP contribution in [0.1, 0.15) is 51.3 Å². The van der Waals surface area contributed by atoms with Crippen LogP contribution >= 0.6 is 34.2 Å². The molecule has 21 heteroatoms. The van der Waals surface area contributed by atoms with Crippen LogP contribution in [-0.4, -0.2) is 79.6 Å². The fourth-order valence-corrected chi connectivity index (χ4v) is 7.44. The molecular formula is C34H32ClF8IN4O6S. The van der Waals surface area contributed by atoms with Crippen molar-refractivity contribution < 1.29 is 62.7 Å². The Kier molecular flexibility index (Phi) is 14.0. The SMILES string of the molecule is CN(Cc1cnc(Cl)c(F)c1)C1=CC(=O)OC1.Cc1cc(C(F)(C(F)(F)F)C(F)(F)F)ccc1NC(=O)c1cccc(I)c1C(=O)NC(C)(C)CS(C)(=O)=O. The first-order chi connectivity index (χ1) is 25.1. The average molecular weight is 939 g/mol. The Bertz CT molecular complexity index is 2100. The Morgan fingerprint density at radius 2 is 1.64 bits per heavy atom. The zero-order valence-electron chi connectivity index (χ0n) is 29.3. The molecule has 0 radical (unpaired) electrons. The van der Waals surface area contributed by atoms with Crippen LogP contribution in [0.2, 0.25) is 5.15 Å². The standard InChI is InChI=1S/C23H22F7IN2O4S.C11H10ClFN2O2/c1-12-10-13(21(24,22(25,26)27)23(28,29)30)8-9-16(12)32-18(34)14-6-5-7-15(31)17(14)19(35)33-20(2,3)11-38(4,36)37;1-15(8-3-10(16)17-6-8)5-7-2-9(13)11(12)14-4-7/h5-10H,11H2,1-4H3,(H,32,34)(H,33,35);2-4H,5-6H2,1H3. The number of esters is 1. The van der Waals surface area contributed by atoms with E-state index in [4.69, 9.17) is 16.3 Å². The minimum Gasteiger partial charge on any atom is -0.456 e. The second kappa shape index (κ2) is 17.0. The number of cyclic esters (lactones) is 1. The highest BCUT2D eigenvalue weighted by molar-refractivity contribution is 14.1. The van der Waals surface area contributed by atoms with Gasteiger partial charge in [0.05, 0.1) is 22.6 Å². The largest absolute Gasteiger partial charge is 0.456 e. The number of nitrogens with zero attached hydrogens (tertiary/aromatic N) is 2. The summed E-state index contributed by atoms with van der Waals surface area (Å²) in [5, 5.41) is 4.69. The van der Waals surface area contributed by atoms with Gasteiger partial charge in [-0.25, -0.2) is 27.0 Å². The fourth-order valence-electron chi connectivity index (χ4n) is 5.21. The van der Waals surface area contributed by atoms with Crippen LogP contribution in [0.25, 0.3) is 0 Å². The zero-order chi connectivity index (χ0) is 41.9. The molecule has 2 N–H and O–H groups in total. The summed E-state index contributed by atoms with van der Waals surface area (Å²) in [5.41, 5.74) is -8.02. The number of likely N-dealkylation sites (N-methyl/N-ethyl adjacent to an activating group) is 1. The average Bonchev–Trinajstić information content (AvgIpc) is 3.47. The molecule has 0 spiro atoms. The molecule has 0 bridgehead atoms. The van der Waals surface area contributed by atoms with Gasteiger partial charge in [0.25, 0.3) is 11.8 Å². The molecular weight excluding hydrogens is 907 g/mol. The molecule has 2 amide bonds. The molecule has 1 aliphatic rings. The number of halogens is 10. The van der Waals surface area contributed by atoms with Gasteiger partial charge in [-0.3, -0.25) is 9.59 Å². The van der Waals surface area contributed by atoms with Crippen LogP contribution in [0.3, 0.4) is 0 Å². The number of hydrogen-bond acceptors (Lipinski definition) is 8. The lowest BCUT2D eigenvalue weighted by Crippen LogP contribution is -2.50. The summed E-state index contributed by atoms with van der Waals surface area (Å²) in [7, 11) is -1.70. The van der Waals surface area contributed by atoms with E-state index >= 15 is 0 Å². The lowest BCUT2D eigenvalue weighted by atomic mass is 9.92. The molecule has 0 atom stereocenters. The Morgan fingerprint density at radius 3 is 2.15 bits per heavy atom. The molecule has 0 saturated heterocycles. The van der Waals surface area contributed by atoms with Gasteiger partial charge in [-0.05, 0) is 78.8 Å². The summed E-state index contributed by atoms with van der Waals surface area (Å²) in [6.07, 6.45) is -8.69. The van der Waals surface area contributed by atoms with Gasteiger partial charge < -0.3 is 20.3 Å². The minimum atomic E-state index is -6.30. The van der Waals surface area contributed by atoms with Gasteiger partial charge in [-0.1, -0.05) is 29.8 Å². The predicted molar refractivity (Wildman–Crippen MR) is 194 cm³/mol. The highest BCUT2D eigenvalue weighted by Gasteiger charge is 2.73. The third-order valence-corrected chi connectivity index (χ3v) is 10.0. The van der Waals surface area contributed by atoms with Crippen molar-refractivity contribution in [3.05, 3.63) is 103 Å². The van der Waals surface area contributed by atoms with E-state index < -0.39 is 62.3 Å². The van der Waals surface area contributed by atoms with Gasteiger partial charge in [0.15, 0.2) is 11.0 Å². The number of hydrogen-bond donors (Lipinski definition) is 2. The molecule has 2 heterocycles. The van der Waals surface area contributed by atoms with Crippen molar-refractivity contribution in [1.82, 2.24) is 15.2 Å². The van der Waals surface area contributed by atoms with Gasteiger partial charge in [0.1, 0.15) is 16.4 Å². The van der Waals surface area contributed by atoms with E-state index in [-0.39, 0.29) is 46.2 Å². The van der Waals surface area contributed by atoms with Crippen LogP contribution < -0.4 is 10.6 Å². The topological polar surface area (TPSA) is 135 Å². The molecule has 3 aromatic rings. The van der Waals surface area contributed by atoms with Gasteiger partial charge in [0, 0.05) is 52.5 Å². The third kappa shape index (κ3) is 11.5. The van der Waals surface area contributed by atoms with E-state index in [9.17, 15) is 57.9 Å². The van der Waals surface area contributed by atoms with Crippen LogP contribution in [0.5, 0.6) is 0 Å². The predicted octanol–water partition coefficient (Wildman–Crippen LogP) is 7.44. The fraction of sp³-hybridized carbons (Fsp3) is 0.353. The van der Waals surface area contributed by atoms with Crippen LogP contribution in [0.15, 0.2) is 60.4 Å². The van der Waals surface area contributed by atoms with Crippen molar-refractivity contribution in [2.24, 2.45) is 0 Å². The number of benzene rings is 2. The number of carbonyl (C=O) groups is 3. The second-order valence-corrected chi connectivity index (χ2v) is 16.6. The summed E-state index contributed by atoms with van der Waals surface area (Å²) < 4.78 is 134. The number of anilines is 1. The van der Waals surface area contributed by atoms with Crippen molar-refractivity contribution in [3.63, 3.8) is 0 Å². The first-order valence-corrected chi connectivity index (χ1v) is 19.0. The Hall–Kier alpha value is -4.05. The Balaban J connectivity index is 0.000000394.